The zero-order chi connectivity index (χ0) is 8.27. The van der Waals surface area contributed by atoms with Crippen molar-refractivity contribution in [3.63, 3.8) is 0 Å². The van der Waals surface area contributed by atoms with Crippen molar-refractivity contribution in [1.29, 1.82) is 0 Å². The summed E-state index contributed by atoms with van der Waals surface area (Å²) in [6.07, 6.45) is 1.28. The summed E-state index contributed by atoms with van der Waals surface area (Å²) in [4.78, 5) is 0. The predicted octanol–water partition coefficient (Wildman–Crippen LogP) is 0.659. The number of aliphatic hydroxyl groups excluding tert-OH is 2. The topological polar surface area (TPSA) is 49.7 Å². The molecular weight excluding hydrogens is 164 g/mol. The van der Waals surface area contributed by atoms with Crippen molar-refractivity contribution in [2.24, 2.45) is 5.92 Å². The molecule has 0 saturated carbocycles. The third kappa shape index (κ3) is 2.73. The molecule has 2 N–H and O–H groups in total. The monoisotopic (exact) mass is 176 g/mol. The molecule has 64 valence electrons. The Bertz CT molecular complexity index is 149. The molecule has 3 nitrogen and oxygen atoms in total. The molecule has 0 radical (unpaired) electrons. The van der Waals surface area contributed by atoms with Gasteiger partial charge in [-0.3, -0.25) is 0 Å². The van der Waals surface area contributed by atoms with E-state index in [0.29, 0.717) is 18.9 Å². The van der Waals surface area contributed by atoms with Gasteiger partial charge in [-0.15, -0.1) is 0 Å². The van der Waals surface area contributed by atoms with Crippen LogP contribution >= 0.6 is 12.2 Å². The molecule has 1 saturated heterocycles. The number of hydrogen-bond acceptors (Lipinski definition) is 3. The van der Waals surface area contributed by atoms with Gasteiger partial charge in [0.05, 0.1) is 19.3 Å². The summed E-state index contributed by atoms with van der Waals surface area (Å²) < 4.78 is 5.19. The Labute approximate surface area is 71.0 Å². The molecular formula is C7H12O3S. The average molecular weight is 176 g/mol. The summed E-state index contributed by atoms with van der Waals surface area (Å²) in [6.45, 7) is 0.667. The van der Waals surface area contributed by atoms with Crippen molar-refractivity contribution >= 4 is 17.3 Å². The van der Waals surface area contributed by atoms with Crippen LogP contribution in [-0.2, 0) is 4.74 Å². The van der Waals surface area contributed by atoms with Gasteiger partial charge < -0.3 is 14.9 Å². The molecule has 0 aromatic carbocycles. The lowest BCUT2D eigenvalue weighted by Gasteiger charge is -2.03. The standard InChI is InChI=1S/C7H12O3S/c8-3-6-1-5(4-10-6)2-7(9)11/h5-6,8H,1-4H2,(H,9,11). The molecule has 0 aliphatic carbocycles. The number of thiocarbonyl (C=S) groups is 1. The Balaban J connectivity index is 2.24. The van der Waals surface area contributed by atoms with Gasteiger partial charge >= 0.3 is 0 Å². The highest BCUT2D eigenvalue weighted by Crippen LogP contribution is 2.22. The zero-order valence-electron chi connectivity index (χ0n) is 6.19. The first-order valence-electron chi connectivity index (χ1n) is 3.66. The van der Waals surface area contributed by atoms with E-state index >= 15 is 0 Å². The van der Waals surface area contributed by atoms with E-state index in [2.05, 4.69) is 12.2 Å². The number of hydrogen-bond donors (Lipinski definition) is 2. The zero-order valence-corrected chi connectivity index (χ0v) is 7.01. The van der Waals surface area contributed by atoms with E-state index < -0.39 is 0 Å². The van der Waals surface area contributed by atoms with E-state index in [1.165, 1.54) is 0 Å². The highest BCUT2D eigenvalue weighted by Gasteiger charge is 2.25. The van der Waals surface area contributed by atoms with E-state index in [9.17, 15) is 0 Å². The van der Waals surface area contributed by atoms with E-state index in [0.717, 1.165) is 6.42 Å². The molecule has 1 heterocycles. The molecule has 4 heteroatoms. The highest BCUT2D eigenvalue weighted by atomic mass is 32.1. The van der Waals surface area contributed by atoms with Gasteiger partial charge in [-0.1, -0.05) is 0 Å². The molecule has 1 aliphatic rings. The van der Waals surface area contributed by atoms with Crippen molar-refractivity contribution in [2.45, 2.75) is 18.9 Å². The fraction of sp³-hybridized carbons (Fsp3) is 0.857. The van der Waals surface area contributed by atoms with Crippen LogP contribution in [0.15, 0.2) is 0 Å². The van der Waals surface area contributed by atoms with Crippen LogP contribution in [0.4, 0.5) is 0 Å². The van der Waals surface area contributed by atoms with Crippen molar-refractivity contribution in [3.8, 4) is 0 Å². The van der Waals surface area contributed by atoms with Gasteiger partial charge in [-0.2, -0.15) is 0 Å². The first-order valence-corrected chi connectivity index (χ1v) is 4.07. The van der Waals surface area contributed by atoms with Gasteiger partial charge in [-0.05, 0) is 24.6 Å². The molecule has 0 spiro atoms. The Morgan fingerprint density at radius 2 is 2.36 bits per heavy atom. The minimum atomic E-state index is -0.0469. The summed E-state index contributed by atoms with van der Waals surface area (Å²) in [7, 11) is 0. The van der Waals surface area contributed by atoms with Crippen LogP contribution in [-0.4, -0.2) is 34.6 Å². The van der Waals surface area contributed by atoms with Crippen LogP contribution in [0.3, 0.4) is 0 Å². The SMILES string of the molecule is OCC1CC(CC(O)=S)CO1. The summed E-state index contributed by atoms with van der Waals surface area (Å²) in [5.74, 6) is 0.296. The molecule has 0 bridgehead atoms. The third-order valence-corrected chi connectivity index (χ3v) is 2.00. The second-order valence-electron chi connectivity index (χ2n) is 2.84. The van der Waals surface area contributed by atoms with E-state index in [-0.39, 0.29) is 17.8 Å². The lowest BCUT2D eigenvalue weighted by Crippen LogP contribution is -2.10. The summed E-state index contributed by atoms with van der Waals surface area (Å²) in [5.41, 5.74) is 0. The second kappa shape index (κ2) is 3.99. The van der Waals surface area contributed by atoms with Crippen LogP contribution in [0.2, 0.25) is 0 Å². The fourth-order valence-electron chi connectivity index (χ4n) is 1.30. The van der Waals surface area contributed by atoms with Crippen molar-refractivity contribution in [1.82, 2.24) is 0 Å². The molecule has 2 unspecified atom stereocenters. The molecule has 11 heavy (non-hydrogen) atoms. The highest BCUT2D eigenvalue weighted by molar-refractivity contribution is 7.80. The maximum Gasteiger partial charge on any atom is 0.156 e. The molecule has 0 aromatic heterocycles. The lowest BCUT2D eigenvalue weighted by molar-refractivity contribution is 0.0574. The van der Waals surface area contributed by atoms with Gasteiger partial charge in [-0.25, -0.2) is 0 Å². The smallest absolute Gasteiger partial charge is 0.156 e. The normalized spacial score (nSPS) is 30.6. The second-order valence-corrected chi connectivity index (χ2v) is 3.31. The minimum absolute atomic E-state index is 0.0391. The summed E-state index contributed by atoms with van der Waals surface area (Å²) in [6, 6.07) is 0. The fourth-order valence-corrected chi connectivity index (χ4v) is 1.53. The first-order chi connectivity index (χ1) is 5.22. The quantitative estimate of drug-likeness (QED) is 0.620. The third-order valence-electron chi connectivity index (χ3n) is 1.83. The molecule has 1 fully saturated rings. The molecule has 1 aliphatic heterocycles. The molecule has 0 amide bonds. The van der Waals surface area contributed by atoms with Crippen LogP contribution in [0.1, 0.15) is 12.8 Å². The molecule has 0 aromatic rings. The van der Waals surface area contributed by atoms with Crippen LogP contribution in [0.5, 0.6) is 0 Å². The Hall–Kier alpha value is -0.190. The minimum Gasteiger partial charge on any atom is -0.502 e. The van der Waals surface area contributed by atoms with Crippen molar-refractivity contribution in [2.75, 3.05) is 13.2 Å². The summed E-state index contributed by atoms with van der Waals surface area (Å²) >= 11 is 4.54. The first kappa shape index (κ1) is 8.90. The number of ether oxygens (including phenoxy) is 1. The maximum absolute atomic E-state index is 8.79. The van der Waals surface area contributed by atoms with Gasteiger partial charge in [0.1, 0.15) is 0 Å². The lowest BCUT2D eigenvalue weighted by atomic mass is 10.0. The molecule has 2 atom stereocenters. The van der Waals surface area contributed by atoms with Crippen LogP contribution in [0.25, 0.3) is 0 Å². The van der Waals surface area contributed by atoms with Gasteiger partial charge in [0.2, 0.25) is 0 Å². The van der Waals surface area contributed by atoms with Crippen LogP contribution < -0.4 is 0 Å². The average Bonchev–Trinajstić information content (AvgIpc) is 2.34. The van der Waals surface area contributed by atoms with E-state index in [1.807, 2.05) is 0 Å². The van der Waals surface area contributed by atoms with Gasteiger partial charge in [0.15, 0.2) is 5.05 Å². The van der Waals surface area contributed by atoms with E-state index in [1.54, 1.807) is 0 Å². The summed E-state index contributed by atoms with van der Waals surface area (Å²) in [5, 5.41) is 17.5. The molecule has 1 rings (SSSR count). The van der Waals surface area contributed by atoms with E-state index in [4.69, 9.17) is 14.9 Å². The maximum atomic E-state index is 8.79. The van der Waals surface area contributed by atoms with Crippen molar-refractivity contribution < 1.29 is 14.9 Å². The Kier molecular flexibility index (Phi) is 3.23. The largest absolute Gasteiger partial charge is 0.502 e. The Morgan fingerprint density at radius 1 is 1.64 bits per heavy atom. The van der Waals surface area contributed by atoms with Crippen molar-refractivity contribution in [3.05, 3.63) is 0 Å². The number of rotatable bonds is 3. The Morgan fingerprint density at radius 3 is 2.82 bits per heavy atom. The van der Waals surface area contributed by atoms with Crippen LogP contribution in [0, 0.1) is 5.92 Å². The predicted molar refractivity (Wildman–Crippen MR) is 44.8 cm³/mol. The van der Waals surface area contributed by atoms with Gasteiger partial charge in [0.25, 0.3) is 0 Å². The number of aliphatic hydroxyl groups is 2. The van der Waals surface area contributed by atoms with Gasteiger partial charge in [0, 0.05) is 6.42 Å².